The molecule has 1 atom stereocenters. The van der Waals surface area contributed by atoms with Crippen molar-refractivity contribution in [3.05, 3.63) is 40.2 Å². The summed E-state index contributed by atoms with van der Waals surface area (Å²) in [7, 11) is 3.27. The second-order valence-electron chi connectivity index (χ2n) is 4.42. The van der Waals surface area contributed by atoms with E-state index in [-0.39, 0.29) is 17.6 Å². The molecule has 0 saturated carbocycles. The summed E-state index contributed by atoms with van der Waals surface area (Å²) in [5.74, 6) is -0.0949. The molecule has 108 valence electrons. The highest BCUT2D eigenvalue weighted by Gasteiger charge is 2.23. The van der Waals surface area contributed by atoms with Crippen LogP contribution in [0.15, 0.2) is 18.2 Å². The van der Waals surface area contributed by atoms with Gasteiger partial charge >= 0.3 is 0 Å². The zero-order valence-corrected chi connectivity index (χ0v) is 12.6. The van der Waals surface area contributed by atoms with Crippen molar-refractivity contribution >= 4 is 11.5 Å². The minimum absolute atomic E-state index is 0.247. The van der Waals surface area contributed by atoms with E-state index in [4.69, 9.17) is 4.74 Å². The summed E-state index contributed by atoms with van der Waals surface area (Å²) in [6.07, 6.45) is 1.82. The molecule has 0 aliphatic heterocycles. The first-order valence-electron chi connectivity index (χ1n) is 6.53. The van der Waals surface area contributed by atoms with Gasteiger partial charge in [0.05, 0.1) is 23.7 Å². The summed E-state index contributed by atoms with van der Waals surface area (Å²) in [5, 5.41) is 7.29. The quantitative estimate of drug-likeness (QED) is 0.890. The van der Waals surface area contributed by atoms with E-state index in [1.165, 1.54) is 18.6 Å². The second-order valence-corrected chi connectivity index (χ2v) is 5.20. The maximum absolute atomic E-state index is 14.4. The summed E-state index contributed by atoms with van der Waals surface area (Å²) < 4.78 is 23.5. The standard InChI is InChI=1S/C14H18FN3OS/c1-4-6-10-14(20-18-17-10)13(16-2)9-7-5-8-11(19-3)12(9)15/h5,7-8,13,16H,4,6H2,1-3H3. The fraction of sp³-hybridized carbons (Fsp3) is 0.429. The van der Waals surface area contributed by atoms with Gasteiger partial charge in [-0.15, -0.1) is 5.10 Å². The summed E-state index contributed by atoms with van der Waals surface area (Å²) >= 11 is 1.31. The van der Waals surface area contributed by atoms with E-state index in [1.807, 2.05) is 0 Å². The lowest BCUT2D eigenvalue weighted by molar-refractivity contribution is 0.382. The van der Waals surface area contributed by atoms with Crippen LogP contribution in [-0.2, 0) is 6.42 Å². The molecular weight excluding hydrogens is 277 g/mol. The largest absolute Gasteiger partial charge is 0.494 e. The average molecular weight is 295 g/mol. The van der Waals surface area contributed by atoms with Crippen LogP contribution in [0.3, 0.4) is 0 Å². The molecule has 1 aromatic heterocycles. The third-order valence-electron chi connectivity index (χ3n) is 3.15. The molecule has 0 fully saturated rings. The zero-order chi connectivity index (χ0) is 14.5. The Morgan fingerprint density at radius 3 is 2.90 bits per heavy atom. The number of hydrogen-bond acceptors (Lipinski definition) is 5. The monoisotopic (exact) mass is 295 g/mol. The molecule has 1 N–H and O–H groups in total. The topological polar surface area (TPSA) is 47.0 Å². The first kappa shape index (κ1) is 14.9. The van der Waals surface area contributed by atoms with Crippen LogP contribution >= 0.6 is 11.5 Å². The SMILES string of the molecule is CCCc1nnsc1C(NC)c1cccc(OC)c1F. The van der Waals surface area contributed by atoms with Crippen molar-refractivity contribution in [1.82, 2.24) is 14.9 Å². The van der Waals surface area contributed by atoms with Gasteiger partial charge in [0.1, 0.15) is 0 Å². The Morgan fingerprint density at radius 2 is 2.25 bits per heavy atom. The van der Waals surface area contributed by atoms with Crippen LogP contribution < -0.4 is 10.1 Å². The number of rotatable bonds is 6. The van der Waals surface area contributed by atoms with Gasteiger partial charge in [-0.2, -0.15) is 0 Å². The number of ether oxygens (including phenoxy) is 1. The number of nitrogens with one attached hydrogen (secondary N) is 1. The minimum atomic E-state index is -0.342. The van der Waals surface area contributed by atoms with Gasteiger partial charge in [-0.25, -0.2) is 4.39 Å². The molecule has 2 rings (SSSR count). The van der Waals surface area contributed by atoms with Gasteiger partial charge in [0.25, 0.3) is 0 Å². The van der Waals surface area contributed by atoms with Gasteiger partial charge in [0.15, 0.2) is 11.6 Å². The Morgan fingerprint density at radius 1 is 1.45 bits per heavy atom. The van der Waals surface area contributed by atoms with Crippen molar-refractivity contribution in [3.8, 4) is 5.75 Å². The predicted molar refractivity (Wildman–Crippen MR) is 77.8 cm³/mol. The van der Waals surface area contributed by atoms with Crippen LogP contribution in [0.2, 0.25) is 0 Å². The number of nitrogens with zero attached hydrogens (tertiary/aromatic N) is 2. The van der Waals surface area contributed by atoms with E-state index in [0.717, 1.165) is 23.4 Å². The van der Waals surface area contributed by atoms with E-state index in [2.05, 4.69) is 21.8 Å². The van der Waals surface area contributed by atoms with Crippen LogP contribution in [0.4, 0.5) is 4.39 Å². The molecule has 0 saturated heterocycles. The van der Waals surface area contributed by atoms with Crippen LogP contribution in [-0.4, -0.2) is 23.7 Å². The highest BCUT2D eigenvalue weighted by Crippen LogP contribution is 2.32. The Balaban J connectivity index is 2.44. The van der Waals surface area contributed by atoms with Gasteiger partial charge in [-0.05, 0) is 31.1 Å². The predicted octanol–water partition coefficient (Wildman–Crippen LogP) is 2.95. The number of halogens is 1. The number of benzene rings is 1. The Labute approximate surface area is 122 Å². The smallest absolute Gasteiger partial charge is 0.170 e. The molecule has 0 bridgehead atoms. The zero-order valence-electron chi connectivity index (χ0n) is 11.8. The molecule has 4 nitrogen and oxygen atoms in total. The molecule has 1 unspecified atom stereocenters. The Kier molecular flexibility index (Phi) is 5.03. The molecule has 6 heteroatoms. The molecule has 1 heterocycles. The number of aromatic nitrogens is 2. The summed E-state index contributed by atoms with van der Waals surface area (Å²) in [6.45, 7) is 2.09. The molecule has 2 aromatic rings. The first-order valence-corrected chi connectivity index (χ1v) is 7.31. The molecule has 0 aliphatic carbocycles. The summed E-state index contributed by atoms with van der Waals surface area (Å²) in [6, 6.07) is 4.90. The lowest BCUT2D eigenvalue weighted by Gasteiger charge is -2.17. The molecular formula is C14H18FN3OS. The molecule has 0 spiro atoms. The fourth-order valence-electron chi connectivity index (χ4n) is 2.18. The molecule has 1 aromatic carbocycles. The average Bonchev–Trinajstić information content (AvgIpc) is 2.90. The van der Waals surface area contributed by atoms with Crippen LogP contribution in [0.1, 0.15) is 35.5 Å². The minimum Gasteiger partial charge on any atom is -0.494 e. The molecule has 0 amide bonds. The number of aryl methyl sites for hydroxylation is 1. The highest BCUT2D eigenvalue weighted by atomic mass is 32.1. The summed E-state index contributed by atoms with van der Waals surface area (Å²) in [5.41, 5.74) is 1.48. The third-order valence-corrected chi connectivity index (χ3v) is 3.98. The fourth-order valence-corrected chi connectivity index (χ4v) is 3.01. The molecule has 20 heavy (non-hydrogen) atoms. The number of methoxy groups -OCH3 is 1. The molecule has 0 radical (unpaired) electrons. The lowest BCUT2D eigenvalue weighted by atomic mass is 10.0. The third kappa shape index (κ3) is 2.81. The Bertz CT molecular complexity index is 573. The highest BCUT2D eigenvalue weighted by molar-refractivity contribution is 7.05. The van der Waals surface area contributed by atoms with Crippen molar-refractivity contribution in [2.24, 2.45) is 0 Å². The van der Waals surface area contributed by atoms with E-state index in [1.54, 1.807) is 25.2 Å². The van der Waals surface area contributed by atoms with Gasteiger partial charge < -0.3 is 10.1 Å². The van der Waals surface area contributed by atoms with Crippen molar-refractivity contribution < 1.29 is 9.13 Å². The van der Waals surface area contributed by atoms with E-state index < -0.39 is 0 Å². The van der Waals surface area contributed by atoms with Gasteiger partial charge in [-0.3, -0.25) is 0 Å². The van der Waals surface area contributed by atoms with E-state index in [0.29, 0.717) is 5.56 Å². The normalized spacial score (nSPS) is 12.4. The van der Waals surface area contributed by atoms with Crippen molar-refractivity contribution in [1.29, 1.82) is 0 Å². The Hall–Kier alpha value is -1.53. The number of hydrogen-bond donors (Lipinski definition) is 1. The molecule has 0 aliphatic rings. The van der Waals surface area contributed by atoms with Gasteiger partial charge in [-0.1, -0.05) is 30.0 Å². The summed E-state index contributed by atoms with van der Waals surface area (Å²) in [4.78, 5) is 0.960. The maximum atomic E-state index is 14.4. The second kappa shape index (κ2) is 6.76. The van der Waals surface area contributed by atoms with Crippen LogP contribution in [0.5, 0.6) is 5.75 Å². The maximum Gasteiger partial charge on any atom is 0.170 e. The first-order chi connectivity index (χ1) is 9.72. The van der Waals surface area contributed by atoms with Crippen molar-refractivity contribution in [2.45, 2.75) is 25.8 Å². The van der Waals surface area contributed by atoms with Crippen molar-refractivity contribution in [3.63, 3.8) is 0 Å². The van der Waals surface area contributed by atoms with Crippen LogP contribution in [0, 0.1) is 5.82 Å². The van der Waals surface area contributed by atoms with Crippen LogP contribution in [0.25, 0.3) is 0 Å². The van der Waals surface area contributed by atoms with E-state index >= 15 is 0 Å². The lowest BCUT2D eigenvalue weighted by Crippen LogP contribution is -2.19. The van der Waals surface area contributed by atoms with Gasteiger partial charge in [0, 0.05) is 5.56 Å². The van der Waals surface area contributed by atoms with Crippen molar-refractivity contribution in [2.75, 3.05) is 14.2 Å². The van der Waals surface area contributed by atoms with Gasteiger partial charge in [0.2, 0.25) is 0 Å². The van der Waals surface area contributed by atoms with E-state index in [9.17, 15) is 4.39 Å².